The molecule has 0 unspecified atom stereocenters. The number of benzene rings is 7. The molecule has 0 saturated heterocycles. The van der Waals surface area contributed by atoms with E-state index >= 15 is 0 Å². The summed E-state index contributed by atoms with van der Waals surface area (Å²) in [6.07, 6.45) is 0. The molecule has 0 amide bonds. The number of nitrogens with zero attached hydrogens (tertiary/aromatic N) is 4. The number of thiophene rings is 2. The fraction of sp³-hybridized carbons (Fsp3) is 0. The number of hydrogen-bond donors (Lipinski definition) is 0. The van der Waals surface area contributed by atoms with Crippen molar-refractivity contribution in [3.05, 3.63) is 163 Å². The zero-order chi connectivity index (χ0) is 34.6. The van der Waals surface area contributed by atoms with Gasteiger partial charge in [-0.3, -0.25) is 0 Å². The molecule has 0 saturated carbocycles. The van der Waals surface area contributed by atoms with Crippen LogP contribution < -0.4 is 0 Å². The summed E-state index contributed by atoms with van der Waals surface area (Å²) in [5.41, 5.74) is 7.44. The van der Waals surface area contributed by atoms with Crippen molar-refractivity contribution in [1.82, 2.24) is 15.0 Å². The first-order chi connectivity index (χ1) is 25.7. The Morgan fingerprint density at radius 2 is 0.846 bits per heavy atom. The smallest absolute Gasteiger partial charge is 0.165 e. The third-order valence-electron chi connectivity index (χ3n) is 9.58. The fourth-order valence-electron chi connectivity index (χ4n) is 7.13. The van der Waals surface area contributed by atoms with E-state index in [4.69, 9.17) is 15.0 Å². The van der Waals surface area contributed by atoms with Gasteiger partial charge in [-0.2, -0.15) is 5.26 Å². The van der Waals surface area contributed by atoms with Gasteiger partial charge in [0.2, 0.25) is 0 Å². The molecule has 0 aliphatic carbocycles. The summed E-state index contributed by atoms with van der Waals surface area (Å²) in [6, 6.07) is 56.9. The minimum Gasteiger partial charge on any atom is -0.208 e. The highest BCUT2D eigenvalue weighted by atomic mass is 32.1. The lowest BCUT2D eigenvalue weighted by Gasteiger charge is -2.13. The van der Waals surface area contributed by atoms with Crippen molar-refractivity contribution in [2.75, 3.05) is 0 Å². The molecule has 0 aliphatic heterocycles. The molecular formula is C46H26N4S2. The van der Waals surface area contributed by atoms with E-state index < -0.39 is 0 Å². The maximum absolute atomic E-state index is 10.0. The van der Waals surface area contributed by atoms with Gasteiger partial charge in [-0.25, -0.2) is 15.0 Å². The molecule has 242 valence electrons. The van der Waals surface area contributed by atoms with Crippen LogP contribution in [-0.2, 0) is 0 Å². The second-order valence-corrected chi connectivity index (χ2v) is 14.8. The van der Waals surface area contributed by atoms with Gasteiger partial charge in [-0.15, -0.1) is 22.7 Å². The van der Waals surface area contributed by atoms with Crippen molar-refractivity contribution in [1.29, 1.82) is 5.26 Å². The van der Waals surface area contributed by atoms with Crippen LogP contribution in [-0.4, -0.2) is 15.0 Å². The molecule has 10 aromatic rings. The molecule has 0 atom stereocenters. The van der Waals surface area contributed by atoms with Gasteiger partial charge < -0.3 is 0 Å². The first-order valence-electron chi connectivity index (χ1n) is 17.0. The van der Waals surface area contributed by atoms with Crippen LogP contribution in [0, 0.1) is 11.3 Å². The van der Waals surface area contributed by atoms with E-state index in [2.05, 4.69) is 109 Å². The molecule has 0 aliphatic rings. The predicted molar refractivity (Wildman–Crippen MR) is 217 cm³/mol. The minimum atomic E-state index is 0.464. The van der Waals surface area contributed by atoms with Crippen LogP contribution in [0.1, 0.15) is 5.56 Å². The van der Waals surface area contributed by atoms with Crippen molar-refractivity contribution in [3.63, 3.8) is 0 Å². The van der Waals surface area contributed by atoms with Crippen LogP contribution in [0.2, 0.25) is 0 Å². The highest BCUT2D eigenvalue weighted by Gasteiger charge is 2.19. The Labute approximate surface area is 307 Å². The van der Waals surface area contributed by atoms with E-state index in [-0.39, 0.29) is 0 Å². The van der Waals surface area contributed by atoms with E-state index in [9.17, 15) is 5.26 Å². The molecule has 6 heteroatoms. The quantitative estimate of drug-likeness (QED) is 0.179. The Bertz CT molecular complexity index is 2910. The van der Waals surface area contributed by atoms with Crippen LogP contribution in [0.25, 0.3) is 96.8 Å². The molecule has 52 heavy (non-hydrogen) atoms. The highest BCUT2D eigenvalue weighted by molar-refractivity contribution is 7.26. The van der Waals surface area contributed by atoms with Gasteiger partial charge in [0, 0.05) is 57.0 Å². The largest absolute Gasteiger partial charge is 0.208 e. The zero-order valence-electron chi connectivity index (χ0n) is 27.6. The summed E-state index contributed by atoms with van der Waals surface area (Å²) in [6.45, 7) is 0. The van der Waals surface area contributed by atoms with Gasteiger partial charge in [0.1, 0.15) is 0 Å². The Kier molecular flexibility index (Phi) is 7.21. The molecule has 0 N–H and O–H groups in total. The monoisotopic (exact) mass is 698 g/mol. The number of rotatable bonds is 5. The van der Waals surface area contributed by atoms with Gasteiger partial charge in [0.25, 0.3) is 0 Å². The highest BCUT2D eigenvalue weighted by Crippen LogP contribution is 2.44. The van der Waals surface area contributed by atoms with Gasteiger partial charge in [-0.1, -0.05) is 115 Å². The first-order valence-corrected chi connectivity index (χ1v) is 18.6. The lowest BCUT2D eigenvalue weighted by molar-refractivity contribution is 1.07. The summed E-state index contributed by atoms with van der Waals surface area (Å²) in [7, 11) is 0. The molecule has 7 aromatic carbocycles. The van der Waals surface area contributed by atoms with Crippen LogP contribution in [0.3, 0.4) is 0 Å². The van der Waals surface area contributed by atoms with Crippen LogP contribution >= 0.6 is 22.7 Å². The molecule has 4 nitrogen and oxygen atoms in total. The lowest BCUT2D eigenvalue weighted by atomic mass is 9.94. The first kappa shape index (κ1) is 30.3. The van der Waals surface area contributed by atoms with Gasteiger partial charge in [-0.05, 0) is 64.7 Å². The maximum atomic E-state index is 10.0. The lowest BCUT2D eigenvalue weighted by Crippen LogP contribution is -2.01. The molecular weight excluding hydrogens is 673 g/mol. The molecule has 0 spiro atoms. The molecule has 0 bridgehead atoms. The standard InChI is InChI=1S/C46H26N4S2/c47-27-29-14-4-5-15-35(29)46-49-44(28-12-2-1-3-13-28)48-45(50-46)32-25-30(33-18-10-20-38-36-16-6-8-22-40(36)51-42(33)38)24-31(26-32)34-19-11-21-39-37-17-7-9-23-41(37)52-43(34)39/h1-26H. The third kappa shape index (κ3) is 5.06. The van der Waals surface area contributed by atoms with Gasteiger partial charge in [0.05, 0.1) is 11.6 Å². The van der Waals surface area contributed by atoms with Crippen molar-refractivity contribution in [2.45, 2.75) is 0 Å². The Balaban J connectivity index is 1.27. The summed E-state index contributed by atoms with van der Waals surface area (Å²) in [5, 5.41) is 15.1. The average molecular weight is 699 g/mol. The Morgan fingerprint density at radius 1 is 0.385 bits per heavy atom. The SMILES string of the molecule is N#Cc1ccccc1-c1nc(-c2ccccc2)nc(-c2cc(-c3cccc4c3sc3ccccc34)cc(-c3cccc4c3sc3ccccc34)c2)n1. The van der Waals surface area contributed by atoms with E-state index in [1.165, 1.54) is 40.3 Å². The normalized spacial score (nSPS) is 11.4. The van der Waals surface area contributed by atoms with E-state index in [1.54, 1.807) is 6.07 Å². The van der Waals surface area contributed by atoms with Crippen molar-refractivity contribution >= 4 is 63.0 Å². The fourth-order valence-corrected chi connectivity index (χ4v) is 9.61. The van der Waals surface area contributed by atoms with Crippen molar-refractivity contribution in [3.8, 4) is 62.5 Å². The van der Waals surface area contributed by atoms with Crippen LogP contribution in [0.4, 0.5) is 0 Å². The van der Waals surface area contributed by atoms with Crippen molar-refractivity contribution in [2.24, 2.45) is 0 Å². The number of fused-ring (bicyclic) bond motifs is 6. The number of nitriles is 1. The number of aromatic nitrogens is 3. The second kappa shape index (κ2) is 12.4. The van der Waals surface area contributed by atoms with Crippen LogP contribution in [0.15, 0.2) is 158 Å². The van der Waals surface area contributed by atoms with Gasteiger partial charge in [0.15, 0.2) is 17.5 Å². The summed E-state index contributed by atoms with van der Waals surface area (Å²) < 4.78 is 5.02. The molecule has 0 fully saturated rings. The second-order valence-electron chi connectivity index (χ2n) is 12.7. The maximum Gasteiger partial charge on any atom is 0.165 e. The zero-order valence-corrected chi connectivity index (χ0v) is 29.2. The topological polar surface area (TPSA) is 62.5 Å². The predicted octanol–water partition coefficient (Wildman–Crippen LogP) is 12.8. The molecule has 10 rings (SSSR count). The molecule has 0 radical (unpaired) electrons. The van der Waals surface area contributed by atoms with Crippen molar-refractivity contribution < 1.29 is 0 Å². The molecule has 3 aromatic heterocycles. The van der Waals surface area contributed by atoms with Gasteiger partial charge >= 0.3 is 0 Å². The summed E-state index contributed by atoms with van der Waals surface area (Å²) in [5.74, 6) is 1.57. The summed E-state index contributed by atoms with van der Waals surface area (Å²) in [4.78, 5) is 15.2. The minimum absolute atomic E-state index is 0.464. The Hall–Kier alpha value is -6.52. The average Bonchev–Trinajstić information content (AvgIpc) is 3.79. The van der Waals surface area contributed by atoms with E-state index in [0.717, 1.165) is 33.4 Å². The summed E-state index contributed by atoms with van der Waals surface area (Å²) >= 11 is 3.65. The van der Waals surface area contributed by atoms with E-state index in [0.29, 0.717) is 28.6 Å². The third-order valence-corrected chi connectivity index (χ3v) is 12.0. The molecule has 3 heterocycles. The number of hydrogen-bond acceptors (Lipinski definition) is 6. The van der Waals surface area contributed by atoms with Crippen LogP contribution in [0.5, 0.6) is 0 Å². The Morgan fingerprint density at radius 3 is 1.46 bits per heavy atom. The van der Waals surface area contributed by atoms with E-state index in [1.807, 2.05) is 71.2 Å².